The normalized spacial score (nSPS) is 16.9. The highest BCUT2D eigenvalue weighted by Gasteiger charge is 2.17. The van der Waals surface area contributed by atoms with E-state index in [2.05, 4.69) is 39.1 Å². The molecule has 0 radical (unpaired) electrons. The molecule has 1 aliphatic carbocycles. The summed E-state index contributed by atoms with van der Waals surface area (Å²) in [4.78, 5) is 3.23. The van der Waals surface area contributed by atoms with Gasteiger partial charge >= 0.3 is 0 Å². The zero-order valence-electron chi connectivity index (χ0n) is 11.0. The van der Waals surface area contributed by atoms with E-state index in [-0.39, 0.29) is 0 Å². The molecular weight excluding hydrogens is 340 g/mol. The summed E-state index contributed by atoms with van der Waals surface area (Å²) >= 11 is 7.31. The maximum atomic E-state index is 4.37. The summed E-state index contributed by atoms with van der Waals surface area (Å²) in [5.74, 6) is 0. The SMILES string of the molecule is CCC(Br)c1nnc(-c2cc3c(s2)CCCCC3)s1. The van der Waals surface area contributed by atoms with E-state index in [4.69, 9.17) is 0 Å². The minimum atomic E-state index is 0.344. The molecule has 2 nitrogen and oxygen atoms in total. The van der Waals surface area contributed by atoms with Gasteiger partial charge in [-0.15, -0.1) is 21.5 Å². The fourth-order valence-electron chi connectivity index (χ4n) is 2.41. The van der Waals surface area contributed by atoms with Crippen molar-refractivity contribution >= 4 is 38.6 Å². The Labute approximate surface area is 130 Å². The zero-order valence-corrected chi connectivity index (χ0v) is 14.2. The molecule has 0 aliphatic heterocycles. The van der Waals surface area contributed by atoms with Gasteiger partial charge in [0.05, 0.1) is 9.70 Å². The summed E-state index contributed by atoms with van der Waals surface area (Å²) in [7, 11) is 0. The standard InChI is InChI=1S/C14H17BrN2S2/c1-2-10(15)13-16-17-14(19-13)12-8-9-6-4-3-5-7-11(9)18-12/h8,10H,2-7H2,1H3. The molecule has 5 heteroatoms. The Balaban J connectivity index is 1.88. The van der Waals surface area contributed by atoms with Crippen molar-refractivity contribution in [2.24, 2.45) is 0 Å². The van der Waals surface area contributed by atoms with Crippen LogP contribution in [0.15, 0.2) is 6.07 Å². The Bertz CT molecular complexity index is 538. The van der Waals surface area contributed by atoms with Crippen LogP contribution in [-0.4, -0.2) is 10.2 Å². The number of aromatic nitrogens is 2. The van der Waals surface area contributed by atoms with Crippen LogP contribution in [0.1, 0.15) is 52.9 Å². The highest BCUT2D eigenvalue weighted by molar-refractivity contribution is 9.09. The van der Waals surface area contributed by atoms with Crippen molar-refractivity contribution in [3.63, 3.8) is 0 Å². The smallest absolute Gasteiger partial charge is 0.142 e. The summed E-state index contributed by atoms with van der Waals surface area (Å²) in [6, 6.07) is 2.35. The van der Waals surface area contributed by atoms with Crippen molar-refractivity contribution in [3.8, 4) is 9.88 Å². The molecule has 2 aromatic heterocycles. The molecule has 0 saturated carbocycles. The number of hydrogen-bond acceptors (Lipinski definition) is 4. The van der Waals surface area contributed by atoms with Crippen LogP contribution in [0.25, 0.3) is 9.88 Å². The third-order valence-corrected chi connectivity index (χ3v) is 7.35. The largest absolute Gasteiger partial charge is 0.157 e. The van der Waals surface area contributed by atoms with Crippen LogP contribution in [-0.2, 0) is 12.8 Å². The van der Waals surface area contributed by atoms with Gasteiger partial charge in [0.25, 0.3) is 0 Å². The van der Waals surface area contributed by atoms with E-state index in [9.17, 15) is 0 Å². The van der Waals surface area contributed by atoms with E-state index >= 15 is 0 Å². The molecular formula is C14H17BrN2S2. The van der Waals surface area contributed by atoms with E-state index in [0.717, 1.165) is 16.4 Å². The molecule has 0 N–H and O–H groups in total. The number of rotatable bonds is 3. The van der Waals surface area contributed by atoms with E-state index in [1.54, 1.807) is 21.8 Å². The van der Waals surface area contributed by atoms with Crippen LogP contribution in [0.3, 0.4) is 0 Å². The average molecular weight is 357 g/mol. The second kappa shape index (κ2) is 6.02. The van der Waals surface area contributed by atoms with Crippen molar-refractivity contribution in [2.75, 3.05) is 0 Å². The molecule has 2 heterocycles. The van der Waals surface area contributed by atoms with Gasteiger partial charge in [0.15, 0.2) is 5.01 Å². The first-order valence-corrected chi connectivity index (χ1v) is 9.42. The number of alkyl halides is 1. The quantitative estimate of drug-likeness (QED) is 0.544. The Hall–Kier alpha value is -0.260. The van der Waals surface area contributed by atoms with E-state index < -0.39 is 0 Å². The van der Waals surface area contributed by atoms with Crippen molar-refractivity contribution < 1.29 is 0 Å². The fraction of sp³-hybridized carbons (Fsp3) is 0.571. The summed E-state index contributed by atoms with van der Waals surface area (Å²) in [5.41, 5.74) is 1.56. The topological polar surface area (TPSA) is 25.8 Å². The molecule has 2 aromatic rings. The monoisotopic (exact) mass is 356 g/mol. The van der Waals surface area contributed by atoms with Gasteiger partial charge in [-0.05, 0) is 43.7 Å². The molecule has 0 aromatic carbocycles. The molecule has 1 atom stereocenters. The van der Waals surface area contributed by atoms with Gasteiger partial charge in [-0.25, -0.2) is 0 Å². The maximum Gasteiger partial charge on any atom is 0.157 e. The number of nitrogens with zero attached hydrogens (tertiary/aromatic N) is 2. The first-order valence-electron chi connectivity index (χ1n) is 6.87. The molecule has 0 fully saturated rings. The number of fused-ring (bicyclic) bond motifs is 1. The average Bonchev–Trinajstić information content (AvgIpc) is 3.01. The van der Waals surface area contributed by atoms with Crippen molar-refractivity contribution in [1.82, 2.24) is 10.2 Å². The fourth-order valence-corrected chi connectivity index (χ4v) is 4.98. The van der Waals surface area contributed by atoms with Gasteiger partial charge in [0.1, 0.15) is 5.01 Å². The number of aryl methyl sites for hydroxylation is 2. The minimum absolute atomic E-state index is 0.344. The summed E-state index contributed by atoms with van der Waals surface area (Å²) in [5, 5.41) is 10.9. The predicted octanol–water partition coefficient (Wildman–Crippen LogP) is 5.38. The summed E-state index contributed by atoms with van der Waals surface area (Å²) in [6.45, 7) is 2.16. The molecule has 102 valence electrons. The molecule has 1 unspecified atom stereocenters. The van der Waals surface area contributed by atoms with Gasteiger partial charge in [-0.1, -0.05) is 40.6 Å². The lowest BCUT2D eigenvalue weighted by atomic mass is 10.1. The lowest BCUT2D eigenvalue weighted by Gasteiger charge is -1.97. The molecule has 3 rings (SSSR count). The third-order valence-electron chi connectivity index (χ3n) is 3.52. The highest BCUT2D eigenvalue weighted by Crippen LogP contribution is 2.38. The van der Waals surface area contributed by atoms with Gasteiger partial charge in [0, 0.05) is 4.88 Å². The van der Waals surface area contributed by atoms with E-state index in [1.807, 2.05) is 11.3 Å². The Morgan fingerprint density at radius 2 is 2.05 bits per heavy atom. The van der Waals surface area contributed by atoms with Crippen molar-refractivity contribution in [2.45, 2.75) is 50.3 Å². The van der Waals surface area contributed by atoms with Crippen LogP contribution in [0.4, 0.5) is 0 Å². The van der Waals surface area contributed by atoms with Crippen molar-refractivity contribution in [3.05, 3.63) is 21.5 Å². The van der Waals surface area contributed by atoms with Gasteiger partial charge < -0.3 is 0 Å². The first-order chi connectivity index (χ1) is 9.28. The Kier molecular flexibility index (Phi) is 4.34. The molecule has 0 spiro atoms. The second-order valence-corrected chi connectivity index (χ2v) is 8.19. The summed E-state index contributed by atoms with van der Waals surface area (Å²) < 4.78 is 0. The summed E-state index contributed by atoms with van der Waals surface area (Å²) in [6.07, 6.45) is 7.60. The lowest BCUT2D eigenvalue weighted by molar-refractivity contribution is 0.713. The molecule has 0 saturated heterocycles. The Morgan fingerprint density at radius 3 is 2.89 bits per heavy atom. The van der Waals surface area contributed by atoms with E-state index in [0.29, 0.717) is 4.83 Å². The highest BCUT2D eigenvalue weighted by atomic mass is 79.9. The van der Waals surface area contributed by atoms with Crippen LogP contribution in [0.2, 0.25) is 0 Å². The van der Waals surface area contributed by atoms with Gasteiger partial charge in [-0.2, -0.15) is 0 Å². The molecule has 0 bridgehead atoms. The van der Waals surface area contributed by atoms with Crippen LogP contribution >= 0.6 is 38.6 Å². The lowest BCUT2D eigenvalue weighted by Crippen LogP contribution is -1.84. The minimum Gasteiger partial charge on any atom is -0.142 e. The maximum absolute atomic E-state index is 4.37. The van der Waals surface area contributed by atoms with Gasteiger partial charge in [0.2, 0.25) is 0 Å². The second-order valence-electron chi connectivity index (χ2n) is 4.94. The van der Waals surface area contributed by atoms with Crippen LogP contribution in [0.5, 0.6) is 0 Å². The first kappa shape index (κ1) is 13.7. The van der Waals surface area contributed by atoms with Crippen LogP contribution in [0, 0.1) is 0 Å². The van der Waals surface area contributed by atoms with Gasteiger partial charge in [-0.3, -0.25) is 0 Å². The van der Waals surface area contributed by atoms with Crippen molar-refractivity contribution in [1.29, 1.82) is 0 Å². The molecule has 19 heavy (non-hydrogen) atoms. The number of hydrogen-bond donors (Lipinski definition) is 0. The molecule has 1 aliphatic rings. The third kappa shape index (κ3) is 2.93. The predicted molar refractivity (Wildman–Crippen MR) is 86.4 cm³/mol. The molecule has 0 amide bonds. The zero-order chi connectivity index (χ0) is 13.2. The van der Waals surface area contributed by atoms with E-state index in [1.165, 1.54) is 37.0 Å². The van der Waals surface area contributed by atoms with Crippen LogP contribution < -0.4 is 0 Å². The number of halogens is 1. The Morgan fingerprint density at radius 1 is 1.21 bits per heavy atom. The number of thiophene rings is 1.